The Balaban J connectivity index is 3.18. The highest BCUT2D eigenvalue weighted by atomic mass is 19.4. The van der Waals surface area contributed by atoms with E-state index in [9.17, 15) is 22.0 Å². The van der Waals surface area contributed by atoms with Gasteiger partial charge in [0, 0.05) is 6.54 Å². The van der Waals surface area contributed by atoms with E-state index in [-0.39, 0.29) is 0 Å². The molecule has 0 saturated heterocycles. The van der Waals surface area contributed by atoms with E-state index in [0.717, 1.165) is 0 Å². The van der Waals surface area contributed by atoms with Crippen molar-refractivity contribution in [2.75, 3.05) is 0 Å². The number of ether oxygens (including phenoxy) is 1. The molecule has 0 radical (unpaired) electrons. The first-order valence-electron chi connectivity index (χ1n) is 3.64. The highest BCUT2D eigenvalue weighted by Gasteiger charge is 2.34. The smallest absolute Gasteiger partial charge is 0.401 e. The molecule has 1 rings (SSSR count). The number of hydrogen-bond donors (Lipinski definition) is 1. The van der Waals surface area contributed by atoms with Crippen molar-refractivity contribution in [3.63, 3.8) is 0 Å². The Kier molecular flexibility index (Phi) is 3.08. The van der Waals surface area contributed by atoms with Gasteiger partial charge in [-0.2, -0.15) is 4.39 Å². The second-order valence-corrected chi connectivity index (χ2v) is 2.45. The molecular weight excluding hydrogens is 223 g/mol. The van der Waals surface area contributed by atoms with Crippen LogP contribution in [0.5, 0.6) is 5.75 Å². The lowest BCUT2D eigenvalue weighted by molar-refractivity contribution is -0.276. The van der Waals surface area contributed by atoms with Gasteiger partial charge in [0.1, 0.15) is 0 Å². The minimum atomic E-state index is -5.12. The Labute approximate surface area is 80.7 Å². The van der Waals surface area contributed by atoms with E-state index in [1.54, 1.807) is 0 Å². The molecular formula is C7H5F5N2O. The summed E-state index contributed by atoms with van der Waals surface area (Å²) in [6.07, 6.45) is -4.69. The van der Waals surface area contributed by atoms with Gasteiger partial charge in [-0.25, -0.2) is 4.39 Å². The van der Waals surface area contributed by atoms with E-state index in [4.69, 9.17) is 5.73 Å². The van der Waals surface area contributed by atoms with Crippen molar-refractivity contribution in [2.45, 2.75) is 12.9 Å². The number of nitrogens with two attached hydrogens (primary N) is 1. The molecule has 1 aromatic rings. The maximum absolute atomic E-state index is 12.9. The van der Waals surface area contributed by atoms with E-state index in [1.165, 1.54) is 0 Å². The standard InChI is InChI=1S/C7H5F5N2O/c8-3-2-14-4(1-13)6(5(3)9)15-7(10,11)12/h2H,1,13H2. The summed E-state index contributed by atoms with van der Waals surface area (Å²) in [5.74, 6) is -4.63. The maximum Gasteiger partial charge on any atom is 0.573 e. The molecule has 84 valence electrons. The molecule has 0 saturated carbocycles. The van der Waals surface area contributed by atoms with E-state index in [1.807, 2.05) is 0 Å². The third-order valence-electron chi connectivity index (χ3n) is 1.42. The molecule has 15 heavy (non-hydrogen) atoms. The summed E-state index contributed by atoms with van der Waals surface area (Å²) in [6.45, 7) is -0.497. The monoisotopic (exact) mass is 228 g/mol. The molecule has 1 heterocycles. The lowest BCUT2D eigenvalue weighted by Crippen LogP contribution is -2.20. The molecule has 0 aliphatic heterocycles. The van der Waals surface area contributed by atoms with Crippen molar-refractivity contribution in [2.24, 2.45) is 5.73 Å². The van der Waals surface area contributed by atoms with Crippen LogP contribution in [0.15, 0.2) is 6.20 Å². The van der Waals surface area contributed by atoms with Gasteiger partial charge < -0.3 is 10.5 Å². The van der Waals surface area contributed by atoms with Crippen LogP contribution < -0.4 is 10.5 Å². The van der Waals surface area contributed by atoms with Crippen LogP contribution in [0.2, 0.25) is 0 Å². The molecule has 0 spiro atoms. The van der Waals surface area contributed by atoms with Crippen LogP contribution >= 0.6 is 0 Å². The maximum atomic E-state index is 12.9. The summed E-state index contributed by atoms with van der Waals surface area (Å²) in [7, 11) is 0. The first-order chi connectivity index (χ1) is 6.85. The summed E-state index contributed by atoms with van der Waals surface area (Å²) < 4.78 is 64.1. The predicted molar refractivity (Wildman–Crippen MR) is 38.7 cm³/mol. The second kappa shape index (κ2) is 3.97. The molecule has 3 nitrogen and oxygen atoms in total. The van der Waals surface area contributed by atoms with Crippen LogP contribution in [0, 0.1) is 11.6 Å². The lowest BCUT2D eigenvalue weighted by atomic mass is 10.3. The SMILES string of the molecule is NCc1ncc(F)c(F)c1OC(F)(F)F. The van der Waals surface area contributed by atoms with Crippen molar-refractivity contribution in [1.82, 2.24) is 4.98 Å². The number of nitrogens with zero attached hydrogens (tertiary/aromatic N) is 1. The van der Waals surface area contributed by atoms with Gasteiger partial charge in [0.25, 0.3) is 0 Å². The van der Waals surface area contributed by atoms with Crippen LogP contribution in [0.3, 0.4) is 0 Å². The molecule has 0 aliphatic carbocycles. The van der Waals surface area contributed by atoms with Gasteiger partial charge in [-0.1, -0.05) is 0 Å². The Morgan fingerprint density at radius 1 is 1.33 bits per heavy atom. The molecule has 2 N–H and O–H groups in total. The summed E-state index contributed by atoms with van der Waals surface area (Å²) in [4.78, 5) is 3.18. The molecule has 1 aromatic heterocycles. The van der Waals surface area contributed by atoms with Gasteiger partial charge in [0.05, 0.1) is 11.9 Å². The third-order valence-corrected chi connectivity index (χ3v) is 1.42. The van der Waals surface area contributed by atoms with Crippen molar-refractivity contribution < 1.29 is 26.7 Å². The van der Waals surface area contributed by atoms with E-state index in [0.29, 0.717) is 6.20 Å². The lowest BCUT2D eigenvalue weighted by Gasteiger charge is -2.12. The number of alkyl halides is 3. The zero-order chi connectivity index (χ0) is 11.6. The van der Waals surface area contributed by atoms with Crippen molar-refractivity contribution in [3.05, 3.63) is 23.5 Å². The highest BCUT2D eigenvalue weighted by Crippen LogP contribution is 2.28. The molecule has 0 bridgehead atoms. The van der Waals surface area contributed by atoms with Gasteiger partial charge >= 0.3 is 6.36 Å². The van der Waals surface area contributed by atoms with Crippen LogP contribution in [0.1, 0.15) is 5.69 Å². The average Bonchev–Trinajstić information content (AvgIpc) is 2.11. The number of hydrogen-bond acceptors (Lipinski definition) is 3. The van der Waals surface area contributed by atoms with E-state index >= 15 is 0 Å². The van der Waals surface area contributed by atoms with Crippen molar-refractivity contribution >= 4 is 0 Å². The van der Waals surface area contributed by atoms with Crippen LogP contribution in [-0.4, -0.2) is 11.3 Å². The molecule has 0 amide bonds. The van der Waals surface area contributed by atoms with Crippen molar-refractivity contribution in [3.8, 4) is 5.75 Å². The Morgan fingerprint density at radius 3 is 2.40 bits per heavy atom. The van der Waals surface area contributed by atoms with Gasteiger partial charge in [-0.15, -0.1) is 13.2 Å². The number of rotatable bonds is 2. The summed E-state index contributed by atoms with van der Waals surface area (Å²) in [5.41, 5.74) is 4.48. The average molecular weight is 228 g/mol. The zero-order valence-electron chi connectivity index (χ0n) is 7.11. The van der Waals surface area contributed by atoms with Crippen LogP contribution in [0.25, 0.3) is 0 Å². The van der Waals surface area contributed by atoms with Crippen LogP contribution in [-0.2, 0) is 6.54 Å². The molecule has 0 aromatic carbocycles. The number of pyridine rings is 1. The number of aromatic nitrogens is 1. The zero-order valence-corrected chi connectivity index (χ0v) is 7.11. The van der Waals surface area contributed by atoms with Crippen LogP contribution in [0.4, 0.5) is 22.0 Å². The molecule has 0 atom stereocenters. The Bertz CT molecular complexity index is 365. The highest BCUT2D eigenvalue weighted by molar-refractivity contribution is 5.29. The Hall–Kier alpha value is -1.44. The number of halogens is 5. The molecule has 0 fully saturated rings. The second-order valence-electron chi connectivity index (χ2n) is 2.45. The molecule has 8 heteroatoms. The topological polar surface area (TPSA) is 48.1 Å². The minimum Gasteiger partial charge on any atom is -0.401 e. The summed E-state index contributed by atoms with van der Waals surface area (Å²) in [6, 6.07) is 0. The minimum absolute atomic E-state index is 0.431. The Morgan fingerprint density at radius 2 is 1.93 bits per heavy atom. The molecule has 0 aliphatic rings. The normalized spacial score (nSPS) is 11.6. The van der Waals surface area contributed by atoms with Gasteiger partial charge in [0.15, 0.2) is 11.6 Å². The summed E-state index contributed by atoms with van der Waals surface area (Å²) >= 11 is 0. The van der Waals surface area contributed by atoms with Gasteiger partial charge in [-0.05, 0) is 0 Å². The first kappa shape index (κ1) is 11.6. The fourth-order valence-corrected chi connectivity index (χ4v) is 0.850. The third kappa shape index (κ3) is 2.75. The predicted octanol–water partition coefficient (Wildman–Crippen LogP) is 1.72. The first-order valence-corrected chi connectivity index (χ1v) is 3.64. The molecule has 0 unspecified atom stereocenters. The van der Waals surface area contributed by atoms with E-state index < -0.39 is 36.0 Å². The van der Waals surface area contributed by atoms with E-state index in [2.05, 4.69) is 9.72 Å². The summed E-state index contributed by atoms with van der Waals surface area (Å²) in [5, 5.41) is 0. The van der Waals surface area contributed by atoms with Gasteiger partial charge in [-0.3, -0.25) is 4.98 Å². The fourth-order valence-electron chi connectivity index (χ4n) is 0.850. The van der Waals surface area contributed by atoms with Gasteiger partial charge in [0.2, 0.25) is 5.82 Å². The fraction of sp³-hybridized carbons (Fsp3) is 0.286. The van der Waals surface area contributed by atoms with Crippen molar-refractivity contribution in [1.29, 1.82) is 0 Å². The largest absolute Gasteiger partial charge is 0.573 e. The quantitative estimate of drug-likeness (QED) is 0.784.